The van der Waals surface area contributed by atoms with Crippen LogP contribution in [-0.4, -0.2) is 33.5 Å². The molecule has 0 unspecified atom stereocenters. The van der Waals surface area contributed by atoms with Gasteiger partial charge in [0.2, 0.25) is 5.91 Å². The molecule has 2 aromatic rings. The zero-order chi connectivity index (χ0) is 16.8. The molecule has 1 heterocycles. The maximum Gasteiger partial charge on any atom is 0.234 e. The van der Waals surface area contributed by atoms with Gasteiger partial charge in [-0.15, -0.1) is 10.2 Å². The molecule has 0 fully saturated rings. The Morgan fingerprint density at radius 3 is 2.74 bits per heavy atom. The number of nitrogens with zero attached hydrogens (tertiary/aromatic N) is 3. The highest BCUT2D eigenvalue weighted by Crippen LogP contribution is 2.24. The van der Waals surface area contributed by atoms with Gasteiger partial charge in [0.05, 0.1) is 18.6 Å². The maximum absolute atomic E-state index is 12.1. The molecule has 2 rings (SSSR count). The lowest BCUT2D eigenvalue weighted by atomic mass is 10.2. The number of aromatic nitrogens is 3. The summed E-state index contributed by atoms with van der Waals surface area (Å²) in [5, 5.41) is 12.0. The van der Waals surface area contributed by atoms with E-state index in [2.05, 4.69) is 29.4 Å². The lowest BCUT2D eigenvalue weighted by molar-refractivity contribution is -0.113. The van der Waals surface area contributed by atoms with Crippen LogP contribution >= 0.6 is 11.8 Å². The van der Waals surface area contributed by atoms with Crippen LogP contribution in [0, 0.1) is 0 Å². The fraction of sp³-hybridized carbons (Fsp3) is 0.438. The number of rotatable bonds is 7. The topological polar surface area (TPSA) is 69.0 Å². The van der Waals surface area contributed by atoms with Crippen LogP contribution in [0.15, 0.2) is 29.4 Å². The fourth-order valence-corrected chi connectivity index (χ4v) is 3.00. The molecule has 23 heavy (non-hydrogen) atoms. The molecule has 0 atom stereocenters. The van der Waals surface area contributed by atoms with Crippen LogP contribution < -0.4 is 10.1 Å². The van der Waals surface area contributed by atoms with Crippen LogP contribution in [0.25, 0.3) is 0 Å². The van der Waals surface area contributed by atoms with Crippen LogP contribution in [-0.2, 0) is 11.3 Å². The van der Waals surface area contributed by atoms with E-state index in [4.69, 9.17) is 4.74 Å². The summed E-state index contributed by atoms with van der Waals surface area (Å²) >= 11 is 1.39. The van der Waals surface area contributed by atoms with Gasteiger partial charge in [-0.25, -0.2) is 0 Å². The molecule has 0 spiro atoms. The number of thioether (sulfide) groups is 1. The smallest absolute Gasteiger partial charge is 0.234 e. The molecule has 0 aliphatic heterocycles. The van der Waals surface area contributed by atoms with Crippen LogP contribution in [0.3, 0.4) is 0 Å². The molecular formula is C16H22N4O2S. The van der Waals surface area contributed by atoms with Crippen molar-refractivity contribution in [3.8, 4) is 5.75 Å². The van der Waals surface area contributed by atoms with E-state index in [1.165, 1.54) is 11.8 Å². The summed E-state index contributed by atoms with van der Waals surface area (Å²) in [4.78, 5) is 12.1. The summed E-state index contributed by atoms with van der Waals surface area (Å²) in [5.74, 6) is 2.06. The van der Waals surface area contributed by atoms with Crippen molar-refractivity contribution in [1.82, 2.24) is 14.8 Å². The third-order valence-electron chi connectivity index (χ3n) is 3.29. The van der Waals surface area contributed by atoms with Gasteiger partial charge >= 0.3 is 0 Å². The second kappa shape index (κ2) is 8.01. The summed E-state index contributed by atoms with van der Waals surface area (Å²) in [5.41, 5.74) is 0.667. The number of carbonyl (C=O) groups is 1. The number of anilines is 1. The molecule has 7 heteroatoms. The highest BCUT2D eigenvalue weighted by Gasteiger charge is 2.15. The molecule has 1 aromatic carbocycles. The van der Waals surface area contributed by atoms with Crippen molar-refractivity contribution in [3.63, 3.8) is 0 Å². The summed E-state index contributed by atoms with van der Waals surface area (Å²) in [7, 11) is 1.58. The Balaban J connectivity index is 2.00. The van der Waals surface area contributed by atoms with Gasteiger partial charge in [0, 0.05) is 12.5 Å². The Morgan fingerprint density at radius 1 is 1.35 bits per heavy atom. The van der Waals surface area contributed by atoms with Crippen molar-refractivity contribution in [2.45, 2.75) is 38.4 Å². The molecule has 0 saturated carbocycles. The molecule has 1 aromatic heterocycles. The highest BCUT2D eigenvalue weighted by molar-refractivity contribution is 7.99. The van der Waals surface area contributed by atoms with Crippen molar-refractivity contribution in [3.05, 3.63) is 30.1 Å². The molecule has 124 valence electrons. The molecule has 1 amide bonds. The number of hydrogen-bond acceptors (Lipinski definition) is 5. The monoisotopic (exact) mass is 334 g/mol. The summed E-state index contributed by atoms with van der Waals surface area (Å²) in [6.07, 6.45) is 0. The minimum atomic E-state index is -0.101. The van der Waals surface area contributed by atoms with E-state index in [1.54, 1.807) is 7.11 Å². The third kappa shape index (κ3) is 4.25. The average molecular weight is 334 g/mol. The average Bonchev–Trinajstić information content (AvgIpc) is 2.96. The van der Waals surface area contributed by atoms with Gasteiger partial charge in [0.15, 0.2) is 5.16 Å². The number of para-hydroxylation sites is 2. The Kier molecular flexibility index (Phi) is 6.04. The van der Waals surface area contributed by atoms with E-state index in [1.807, 2.05) is 35.8 Å². The number of carbonyl (C=O) groups excluding carboxylic acids is 1. The first-order valence-corrected chi connectivity index (χ1v) is 8.54. The van der Waals surface area contributed by atoms with Crippen molar-refractivity contribution >= 4 is 23.4 Å². The lowest BCUT2D eigenvalue weighted by Crippen LogP contribution is -2.15. The molecule has 0 radical (unpaired) electrons. The SMILES string of the molecule is CCn1c(SCC(=O)Nc2ccccc2OC)nnc1C(C)C. The van der Waals surface area contributed by atoms with Crippen LogP contribution in [0.1, 0.15) is 32.5 Å². The highest BCUT2D eigenvalue weighted by atomic mass is 32.2. The molecule has 1 N–H and O–H groups in total. The van der Waals surface area contributed by atoms with Crippen LogP contribution in [0.4, 0.5) is 5.69 Å². The third-order valence-corrected chi connectivity index (χ3v) is 4.26. The van der Waals surface area contributed by atoms with Crippen molar-refractivity contribution in [1.29, 1.82) is 0 Å². The summed E-state index contributed by atoms with van der Waals surface area (Å²) in [6.45, 7) is 7.00. The minimum Gasteiger partial charge on any atom is -0.495 e. The predicted octanol–water partition coefficient (Wildman–Crippen LogP) is 3.16. The molecule has 0 bridgehead atoms. The standard InChI is InChI=1S/C16H22N4O2S/c1-5-20-15(11(2)3)18-19-16(20)23-10-14(21)17-12-8-6-7-9-13(12)22-4/h6-9,11H,5,10H2,1-4H3,(H,17,21). The maximum atomic E-state index is 12.1. The van der Waals surface area contributed by atoms with E-state index in [9.17, 15) is 4.79 Å². The Morgan fingerprint density at radius 2 is 2.09 bits per heavy atom. The number of methoxy groups -OCH3 is 1. The van der Waals surface area contributed by atoms with Gasteiger partial charge in [-0.2, -0.15) is 0 Å². The second-order valence-corrected chi connectivity index (χ2v) is 6.22. The van der Waals surface area contributed by atoms with Crippen molar-refractivity contribution < 1.29 is 9.53 Å². The van der Waals surface area contributed by atoms with E-state index < -0.39 is 0 Å². The number of hydrogen-bond donors (Lipinski definition) is 1. The van der Waals surface area contributed by atoms with Gasteiger partial charge in [0.1, 0.15) is 11.6 Å². The van der Waals surface area contributed by atoms with E-state index >= 15 is 0 Å². The van der Waals surface area contributed by atoms with Crippen molar-refractivity contribution in [2.24, 2.45) is 0 Å². The molecule has 0 aliphatic rings. The number of ether oxygens (including phenoxy) is 1. The Labute approximate surface area is 140 Å². The van der Waals surface area contributed by atoms with E-state index in [-0.39, 0.29) is 11.7 Å². The quantitative estimate of drug-likeness (QED) is 0.788. The second-order valence-electron chi connectivity index (χ2n) is 5.28. The normalized spacial score (nSPS) is 10.8. The lowest BCUT2D eigenvalue weighted by Gasteiger charge is -2.10. The Hall–Kier alpha value is -2.02. The zero-order valence-electron chi connectivity index (χ0n) is 13.9. The minimum absolute atomic E-state index is 0.101. The van der Waals surface area contributed by atoms with Crippen LogP contribution in [0.5, 0.6) is 5.75 Å². The first-order chi connectivity index (χ1) is 11.1. The first kappa shape index (κ1) is 17.3. The summed E-state index contributed by atoms with van der Waals surface area (Å²) < 4.78 is 7.27. The number of nitrogens with one attached hydrogen (secondary N) is 1. The first-order valence-electron chi connectivity index (χ1n) is 7.55. The zero-order valence-corrected chi connectivity index (χ0v) is 14.7. The van der Waals surface area contributed by atoms with Gasteiger partial charge in [-0.05, 0) is 19.1 Å². The van der Waals surface area contributed by atoms with E-state index in [0.29, 0.717) is 17.4 Å². The Bertz CT molecular complexity index is 670. The van der Waals surface area contributed by atoms with E-state index in [0.717, 1.165) is 17.5 Å². The van der Waals surface area contributed by atoms with Gasteiger partial charge < -0.3 is 14.6 Å². The summed E-state index contributed by atoms with van der Waals surface area (Å²) in [6, 6.07) is 7.34. The molecular weight excluding hydrogens is 312 g/mol. The molecule has 0 saturated heterocycles. The fourth-order valence-electron chi connectivity index (χ4n) is 2.20. The van der Waals surface area contributed by atoms with Gasteiger partial charge in [-0.3, -0.25) is 4.79 Å². The number of amides is 1. The van der Waals surface area contributed by atoms with Crippen molar-refractivity contribution in [2.75, 3.05) is 18.2 Å². The largest absolute Gasteiger partial charge is 0.495 e. The van der Waals surface area contributed by atoms with Gasteiger partial charge in [0.25, 0.3) is 0 Å². The molecule has 0 aliphatic carbocycles. The molecule has 6 nitrogen and oxygen atoms in total. The predicted molar refractivity (Wildman–Crippen MR) is 92.1 cm³/mol. The van der Waals surface area contributed by atoms with Gasteiger partial charge in [-0.1, -0.05) is 37.7 Å². The number of benzene rings is 1. The van der Waals surface area contributed by atoms with Crippen LogP contribution in [0.2, 0.25) is 0 Å².